The third-order valence-electron chi connectivity index (χ3n) is 4.73. The molecule has 0 saturated carbocycles. The van der Waals surface area contributed by atoms with E-state index >= 15 is 0 Å². The van der Waals surface area contributed by atoms with E-state index in [9.17, 15) is 4.79 Å². The van der Waals surface area contributed by atoms with Gasteiger partial charge in [0, 0.05) is 25.6 Å². The van der Waals surface area contributed by atoms with Crippen LogP contribution in [0.1, 0.15) is 12.6 Å². The lowest BCUT2D eigenvalue weighted by molar-refractivity contribution is -0.133. The Kier molecular flexibility index (Phi) is 4.36. The van der Waals surface area contributed by atoms with Crippen molar-refractivity contribution in [3.63, 3.8) is 0 Å². The lowest BCUT2D eigenvalue weighted by Gasteiger charge is -2.40. The van der Waals surface area contributed by atoms with Gasteiger partial charge in [0.2, 0.25) is 6.10 Å². The molecule has 4 rings (SSSR count). The molecule has 1 N–H and O–H groups in total. The van der Waals surface area contributed by atoms with Gasteiger partial charge in [0.15, 0.2) is 17.3 Å². The summed E-state index contributed by atoms with van der Waals surface area (Å²) < 4.78 is 11.6. The van der Waals surface area contributed by atoms with Crippen molar-refractivity contribution in [2.45, 2.75) is 26.1 Å². The molecule has 1 aromatic heterocycles. The number of amides is 1. The van der Waals surface area contributed by atoms with Crippen LogP contribution in [0, 0.1) is 12.8 Å². The number of hydrogen-bond donors (Lipinski definition) is 1. The van der Waals surface area contributed by atoms with Crippen molar-refractivity contribution in [2.75, 3.05) is 24.5 Å². The van der Waals surface area contributed by atoms with Crippen molar-refractivity contribution in [3.05, 3.63) is 42.1 Å². The number of aryl methyl sites for hydroxylation is 1. The highest BCUT2D eigenvalue weighted by Gasteiger charge is 2.35. The van der Waals surface area contributed by atoms with Crippen LogP contribution in [0.5, 0.6) is 11.5 Å². The molecule has 1 saturated heterocycles. The average Bonchev–Trinajstić information content (AvgIpc) is 2.61. The number of nitrogens with one attached hydrogen (secondary N) is 1. The van der Waals surface area contributed by atoms with Crippen LogP contribution in [0.2, 0.25) is 0 Å². The van der Waals surface area contributed by atoms with Gasteiger partial charge in [-0.25, -0.2) is 0 Å². The predicted molar refractivity (Wildman–Crippen MR) is 96.4 cm³/mol. The van der Waals surface area contributed by atoms with Crippen LogP contribution in [-0.2, 0) is 4.79 Å². The molecule has 0 bridgehead atoms. The molecule has 0 radical (unpaired) electrons. The van der Waals surface area contributed by atoms with Crippen LogP contribution in [0.15, 0.2) is 36.4 Å². The van der Waals surface area contributed by atoms with Crippen LogP contribution in [0.3, 0.4) is 0 Å². The Bertz CT molecular complexity index is 790. The van der Waals surface area contributed by atoms with Gasteiger partial charge in [-0.3, -0.25) is 4.79 Å². The molecule has 0 spiro atoms. The first-order valence-corrected chi connectivity index (χ1v) is 8.85. The molecule has 2 atom stereocenters. The van der Waals surface area contributed by atoms with E-state index in [2.05, 4.69) is 20.4 Å². The van der Waals surface area contributed by atoms with Crippen molar-refractivity contribution in [1.82, 2.24) is 15.5 Å². The van der Waals surface area contributed by atoms with Crippen LogP contribution in [0.25, 0.3) is 0 Å². The third-order valence-corrected chi connectivity index (χ3v) is 4.73. The van der Waals surface area contributed by atoms with Gasteiger partial charge in [0.05, 0.1) is 5.69 Å². The number of hydrogen-bond acceptors (Lipinski definition) is 6. The monoisotopic (exact) mass is 354 g/mol. The smallest absolute Gasteiger partial charge is 0.265 e. The minimum atomic E-state index is -0.635. The number of nitrogens with zero attached hydrogens (tertiary/aromatic N) is 3. The summed E-state index contributed by atoms with van der Waals surface area (Å²) in [6, 6.07) is 11.3. The van der Waals surface area contributed by atoms with E-state index in [-0.39, 0.29) is 12.0 Å². The summed E-state index contributed by atoms with van der Waals surface area (Å²) in [5.41, 5.74) is 0.906. The zero-order valence-electron chi connectivity index (χ0n) is 14.9. The van der Waals surface area contributed by atoms with Gasteiger partial charge in [-0.15, -0.1) is 5.10 Å². The van der Waals surface area contributed by atoms with Gasteiger partial charge < -0.3 is 19.7 Å². The molecule has 1 fully saturated rings. The number of carbonyl (C=O) groups excluding carboxylic acids is 1. The van der Waals surface area contributed by atoms with Gasteiger partial charge in [0.25, 0.3) is 5.91 Å². The molecule has 3 heterocycles. The van der Waals surface area contributed by atoms with E-state index in [1.54, 1.807) is 0 Å². The molecular formula is C19H22N4O3. The maximum Gasteiger partial charge on any atom is 0.265 e. The number of aromatic nitrogens is 2. The number of anilines is 1. The summed E-state index contributed by atoms with van der Waals surface area (Å²) in [6.07, 6.45) is -0.963. The number of ether oxygens (including phenoxy) is 2. The van der Waals surface area contributed by atoms with E-state index in [1.165, 1.54) is 0 Å². The van der Waals surface area contributed by atoms with E-state index in [4.69, 9.17) is 9.47 Å². The Morgan fingerprint density at radius 2 is 1.88 bits per heavy atom. The summed E-state index contributed by atoms with van der Waals surface area (Å²) in [7, 11) is 0. The Balaban J connectivity index is 1.27. The molecule has 2 unspecified atom stereocenters. The first-order chi connectivity index (χ1) is 12.6. The second-order valence-electron chi connectivity index (χ2n) is 6.86. The quantitative estimate of drug-likeness (QED) is 0.898. The number of carbonyl (C=O) groups is 1. The Hall–Kier alpha value is -2.83. The molecule has 1 amide bonds. The molecule has 2 aliphatic rings. The third kappa shape index (κ3) is 3.29. The molecule has 2 aliphatic heterocycles. The van der Waals surface area contributed by atoms with E-state index < -0.39 is 6.10 Å². The van der Waals surface area contributed by atoms with E-state index in [0.717, 1.165) is 24.6 Å². The van der Waals surface area contributed by atoms with Crippen LogP contribution in [0.4, 0.5) is 5.82 Å². The fourth-order valence-corrected chi connectivity index (χ4v) is 3.20. The highest BCUT2D eigenvalue weighted by Crippen LogP contribution is 2.33. The van der Waals surface area contributed by atoms with Crippen molar-refractivity contribution in [2.24, 2.45) is 5.92 Å². The molecule has 136 valence electrons. The van der Waals surface area contributed by atoms with Gasteiger partial charge in [-0.1, -0.05) is 12.1 Å². The second-order valence-corrected chi connectivity index (χ2v) is 6.86. The number of rotatable bonds is 4. The lowest BCUT2D eigenvalue weighted by atomic mass is 10.00. The number of para-hydroxylation sites is 2. The van der Waals surface area contributed by atoms with Crippen molar-refractivity contribution >= 4 is 11.7 Å². The molecule has 7 heteroatoms. The fraction of sp³-hybridized carbons (Fsp3) is 0.421. The molecular weight excluding hydrogens is 332 g/mol. The normalized spacial score (nSPS) is 21.8. The summed E-state index contributed by atoms with van der Waals surface area (Å²) in [5, 5.41) is 11.3. The van der Waals surface area contributed by atoms with Gasteiger partial charge in [0.1, 0.15) is 6.10 Å². The van der Waals surface area contributed by atoms with Gasteiger partial charge in [-0.05, 0) is 38.1 Å². The SMILES string of the molecule is Cc1ccc(N2CC(CNC(=O)C3Oc4ccccc4OC3C)C2)nn1. The molecule has 0 aliphatic carbocycles. The highest BCUT2D eigenvalue weighted by molar-refractivity contribution is 5.82. The van der Waals surface area contributed by atoms with Gasteiger partial charge >= 0.3 is 0 Å². The summed E-state index contributed by atoms with van der Waals surface area (Å²) in [5.74, 6) is 2.43. The average molecular weight is 354 g/mol. The molecule has 1 aromatic carbocycles. The van der Waals surface area contributed by atoms with E-state index in [0.29, 0.717) is 24.0 Å². The Morgan fingerprint density at radius 1 is 1.15 bits per heavy atom. The predicted octanol–water partition coefficient (Wildman–Crippen LogP) is 1.57. The van der Waals surface area contributed by atoms with Crippen LogP contribution < -0.4 is 19.7 Å². The maximum absolute atomic E-state index is 12.5. The molecule has 7 nitrogen and oxygen atoms in total. The van der Waals surface area contributed by atoms with E-state index in [1.807, 2.05) is 50.2 Å². The molecule has 26 heavy (non-hydrogen) atoms. The zero-order chi connectivity index (χ0) is 18.1. The Labute approximate surface area is 152 Å². The standard InChI is InChI=1S/C19H22N4O3/c1-12-7-8-17(22-21-12)23-10-14(11-23)9-20-19(24)18-13(2)25-15-5-3-4-6-16(15)26-18/h3-8,13-14,18H,9-11H2,1-2H3,(H,20,24). The number of benzene rings is 1. The highest BCUT2D eigenvalue weighted by atomic mass is 16.6. The fourth-order valence-electron chi connectivity index (χ4n) is 3.20. The minimum absolute atomic E-state index is 0.138. The van der Waals surface area contributed by atoms with Crippen LogP contribution in [-0.4, -0.2) is 47.9 Å². The summed E-state index contributed by atoms with van der Waals surface area (Å²) in [6.45, 7) is 6.10. The second kappa shape index (κ2) is 6.82. The topological polar surface area (TPSA) is 76.6 Å². The lowest BCUT2D eigenvalue weighted by Crippen LogP contribution is -2.55. The zero-order valence-corrected chi connectivity index (χ0v) is 14.9. The summed E-state index contributed by atoms with van der Waals surface area (Å²) in [4.78, 5) is 14.7. The van der Waals surface area contributed by atoms with Crippen molar-refractivity contribution in [1.29, 1.82) is 0 Å². The van der Waals surface area contributed by atoms with Gasteiger partial charge in [-0.2, -0.15) is 5.10 Å². The minimum Gasteiger partial charge on any atom is -0.482 e. The Morgan fingerprint density at radius 3 is 2.58 bits per heavy atom. The van der Waals surface area contributed by atoms with Crippen LogP contribution >= 0.6 is 0 Å². The largest absolute Gasteiger partial charge is 0.482 e. The first-order valence-electron chi connectivity index (χ1n) is 8.85. The van der Waals surface area contributed by atoms with Crippen molar-refractivity contribution in [3.8, 4) is 11.5 Å². The van der Waals surface area contributed by atoms with Crippen molar-refractivity contribution < 1.29 is 14.3 Å². The summed E-state index contributed by atoms with van der Waals surface area (Å²) >= 11 is 0. The molecule has 2 aromatic rings. The first kappa shape index (κ1) is 16.6. The maximum atomic E-state index is 12.5. The number of fused-ring (bicyclic) bond motifs is 1.